The molecule has 5 heteroatoms. The topological polar surface area (TPSA) is 54.9 Å². The molecule has 4 nitrogen and oxygen atoms in total. The van der Waals surface area contributed by atoms with Gasteiger partial charge in [0, 0.05) is 17.1 Å². The van der Waals surface area contributed by atoms with Gasteiger partial charge in [0.25, 0.3) is 5.91 Å². The molecule has 98 valence electrons. The lowest BCUT2D eigenvalue weighted by atomic mass is 10.2. The summed E-state index contributed by atoms with van der Waals surface area (Å²) < 4.78 is 0. The summed E-state index contributed by atoms with van der Waals surface area (Å²) in [6.45, 7) is 0. The number of thiazole rings is 1. The van der Waals surface area contributed by atoms with Crippen molar-refractivity contribution in [2.24, 2.45) is 0 Å². The molecule has 0 spiro atoms. The summed E-state index contributed by atoms with van der Waals surface area (Å²) in [5, 5.41) is 5.24. The third-order valence-corrected chi connectivity index (χ3v) is 3.45. The minimum absolute atomic E-state index is 0.250. The molecule has 1 aromatic carbocycles. The molecule has 1 N–H and O–H groups in total. The van der Waals surface area contributed by atoms with Gasteiger partial charge in [-0.3, -0.25) is 15.1 Å². The summed E-state index contributed by atoms with van der Waals surface area (Å²) >= 11 is 1.40. The molecule has 2 aromatic heterocycles. The van der Waals surface area contributed by atoms with Crippen LogP contribution in [0.4, 0.5) is 5.13 Å². The molecule has 0 aliphatic heterocycles. The van der Waals surface area contributed by atoms with Gasteiger partial charge in [-0.2, -0.15) is 0 Å². The first-order valence-electron chi connectivity index (χ1n) is 6.06. The number of pyridine rings is 1. The average molecular weight is 281 g/mol. The number of rotatable bonds is 3. The summed E-state index contributed by atoms with van der Waals surface area (Å²) in [6.07, 6.45) is 1.59. The molecule has 20 heavy (non-hydrogen) atoms. The van der Waals surface area contributed by atoms with Gasteiger partial charge < -0.3 is 0 Å². The van der Waals surface area contributed by atoms with Crippen molar-refractivity contribution in [3.63, 3.8) is 0 Å². The normalized spacial score (nSPS) is 10.2. The Morgan fingerprint density at radius 1 is 1.05 bits per heavy atom. The second-order valence-corrected chi connectivity index (χ2v) is 4.93. The predicted octanol–water partition coefficient (Wildman–Crippen LogP) is 3.46. The highest BCUT2D eigenvalue weighted by atomic mass is 32.1. The van der Waals surface area contributed by atoms with Gasteiger partial charge in [-0.15, -0.1) is 11.3 Å². The van der Waals surface area contributed by atoms with E-state index < -0.39 is 0 Å². The van der Waals surface area contributed by atoms with E-state index in [1.807, 2.05) is 35.7 Å². The Morgan fingerprint density at radius 2 is 1.85 bits per heavy atom. The maximum Gasteiger partial charge on any atom is 0.276 e. The van der Waals surface area contributed by atoms with Crippen LogP contribution in [0.25, 0.3) is 11.3 Å². The molecule has 0 unspecified atom stereocenters. The molecule has 0 aliphatic carbocycles. The van der Waals surface area contributed by atoms with Crippen molar-refractivity contribution in [2.75, 3.05) is 5.32 Å². The van der Waals surface area contributed by atoms with Gasteiger partial charge in [0.15, 0.2) is 5.13 Å². The molecule has 3 rings (SSSR count). The monoisotopic (exact) mass is 281 g/mol. The number of hydrogen-bond donors (Lipinski definition) is 1. The van der Waals surface area contributed by atoms with E-state index >= 15 is 0 Å². The molecule has 0 radical (unpaired) electrons. The fraction of sp³-hybridized carbons (Fsp3) is 0. The predicted molar refractivity (Wildman–Crippen MR) is 79.7 cm³/mol. The lowest BCUT2D eigenvalue weighted by Gasteiger charge is -2.00. The quantitative estimate of drug-likeness (QED) is 0.800. The molecular weight excluding hydrogens is 270 g/mol. The Morgan fingerprint density at radius 3 is 2.60 bits per heavy atom. The van der Waals surface area contributed by atoms with Crippen LogP contribution in [0.15, 0.2) is 60.1 Å². The Hall–Kier alpha value is -2.53. The van der Waals surface area contributed by atoms with E-state index in [-0.39, 0.29) is 5.91 Å². The van der Waals surface area contributed by atoms with Crippen LogP contribution in [0.2, 0.25) is 0 Å². The van der Waals surface area contributed by atoms with Crippen molar-refractivity contribution in [3.8, 4) is 11.3 Å². The third-order valence-electron chi connectivity index (χ3n) is 2.69. The highest BCUT2D eigenvalue weighted by Crippen LogP contribution is 2.24. The van der Waals surface area contributed by atoms with Gasteiger partial charge >= 0.3 is 0 Å². The van der Waals surface area contributed by atoms with E-state index in [1.54, 1.807) is 24.4 Å². The molecule has 0 saturated heterocycles. The number of hydrogen-bond acceptors (Lipinski definition) is 4. The number of benzene rings is 1. The van der Waals surface area contributed by atoms with Gasteiger partial charge in [0.2, 0.25) is 0 Å². The zero-order valence-corrected chi connectivity index (χ0v) is 11.3. The van der Waals surface area contributed by atoms with Gasteiger partial charge in [-0.25, -0.2) is 4.98 Å². The van der Waals surface area contributed by atoms with E-state index in [0.717, 1.165) is 11.3 Å². The summed E-state index contributed by atoms with van der Waals surface area (Å²) in [5.41, 5.74) is 2.26. The largest absolute Gasteiger partial charge is 0.296 e. The van der Waals surface area contributed by atoms with E-state index in [1.165, 1.54) is 11.3 Å². The lowest BCUT2D eigenvalue weighted by Crippen LogP contribution is -2.13. The summed E-state index contributed by atoms with van der Waals surface area (Å²) in [4.78, 5) is 20.4. The SMILES string of the molecule is O=C(Nc1nc(-c2ccccc2)cs1)c1ccccn1. The number of amides is 1. The molecule has 2 heterocycles. The smallest absolute Gasteiger partial charge is 0.276 e. The van der Waals surface area contributed by atoms with Crippen LogP contribution >= 0.6 is 11.3 Å². The Labute approximate surface area is 120 Å². The zero-order chi connectivity index (χ0) is 13.8. The van der Waals surface area contributed by atoms with Crippen LogP contribution in [-0.2, 0) is 0 Å². The highest BCUT2D eigenvalue weighted by molar-refractivity contribution is 7.14. The molecule has 0 fully saturated rings. The zero-order valence-electron chi connectivity index (χ0n) is 10.5. The minimum atomic E-state index is -0.250. The molecular formula is C15H11N3OS. The number of nitrogens with zero attached hydrogens (tertiary/aromatic N) is 2. The van der Waals surface area contributed by atoms with E-state index in [4.69, 9.17) is 0 Å². The van der Waals surface area contributed by atoms with Gasteiger partial charge in [-0.05, 0) is 12.1 Å². The molecule has 0 saturated carbocycles. The van der Waals surface area contributed by atoms with Crippen LogP contribution in [0.5, 0.6) is 0 Å². The number of carbonyl (C=O) groups excluding carboxylic acids is 1. The van der Waals surface area contributed by atoms with Crippen LogP contribution in [0, 0.1) is 0 Å². The number of anilines is 1. The minimum Gasteiger partial charge on any atom is -0.296 e. The Kier molecular flexibility index (Phi) is 3.52. The van der Waals surface area contributed by atoms with Crippen molar-refractivity contribution >= 4 is 22.4 Å². The van der Waals surface area contributed by atoms with Crippen molar-refractivity contribution in [3.05, 3.63) is 65.8 Å². The van der Waals surface area contributed by atoms with Crippen molar-refractivity contribution in [2.45, 2.75) is 0 Å². The van der Waals surface area contributed by atoms with Crippen LogP contribution < -0.4 is 5.32 Å². The Balaban J connectivity index is 1.77. The maximum absolute atomic E-state index is 12.0. The second kappa shape index (κ2) is 5.63. The highest BCUT2D eigenvalue weighted by Gasteiger charge is 2.10. The van der Waals surface area contributed by atoms with Crippen LogP contribution in [0.1, 0.15) is 10.5 Å². The first-order chi connectivity index (χ1) is 9.83. The second-order valence-electron chi connectivity index (χ2n) is 4.07. The van der Waals surface area contributed by atoms with E-state index in [2.05, 4.69) is 15.3 Å². The first kappa shape index (κ1) is 12.5. The summed E-state index contributed by atoms with van der Waals surface area (Å²) in [7, 11) is 0. The molecule has 0 bridgehead atoms. The number of nitrogens with one attached hydrogen (secondary N) is 1. The number of aromatic nitrogens is 2. The van der Waals surface area contributed by atoms with Crippen molar-refractivity contribution in [1.29, 1.82) is 0 Å². The van der Waals surface area contributed by atoms with Gasteiger partial charge in [0.05, 0.1) is 5.69 Å². The maximum atomic E-state index is 12.0. The van der Waals surface area contributed by atoms with Gasteiger partial charge in [-0.1, -0.05) is 36.4 Å². The average Bonchev–Trinajstić information content (AvgIpc) is 2.97. The van der Waals surface area contributed by atoms with Crippen molar-refractivity contribution in [1.82, 2.24) is 9.97 Å². The van der Waals surface area contributed by atoms with E-state index in [0.29, 0.717) is 10.8 Å². The third kappa shape index (κ3) is 2.73. The Bertz CT molecular complexity index is 710. The molecule has 1 amide bonds. The lowest BCUT2D eigenvalue weighted by molar-refractivity contribution is 0.102. The van der Waals surface area contributed by atoms with Crippen LogP contribution in [0.3, 0.4) is 0 Å². The molecule has 0 aliphatic rings. The summed E-state index contributed by atoms with van der Waals surface area (Å²) in [5.74, 6) is -0.250. The first-order valence-corrected chi connectivity index (χ1v) is 6.94. The van der Waals surface area contributed by atoms with Crippen molar-refractivity contribution < 1.29 is 4.79 Å². The molecule has 0 atom stereocenters. The fourth-order valence-electron chi connectivity index (χ4n) is 1.73. The number of carbonyl (C=O) groups is 1. The standard InChI is InChI=1S/C15H11N3OS/c19-14(12-8-4-5-9-16-12)18-15-17-13(10-20-15)11-6-2-1-3-7-11/h1-10H,(H,17,18,19). The fourth-order valence-corrected chi connectivity index (χ4v) is 2.45. The summed E-state index contributed by atoms with van der Waals surface area (Å²) in [6, 6.07) is 15.1. The molecule has 3 aromatic rings. The van der Waals surface area contributed by atoms with Gasteiger partial charge in [0.1, 0.15) is 5.69 Å². The van der Waals surface area contributed by atoms with E-state index in [9.17, 15) is 4.79 Å². The van der Waals surface area contributed by atoms with Crippen LogP contribution in [-0.4, -0.2) is 15.9 Å².